The molecule has 3 aliphatic rings. The third-order valence-electron chi connectivity index (χ3n) is 8.96. The van der Waals surface area contributed by atoms with Crippen molar-refractivity contribution in [2.45, 2.75) is 64.4 Å². The summed E-state index contributed by atoms with van der Waals surface area (Å²) >= 11 is 0. The van der Waals surface area contributed by atoms with Crippen LogP contribution in [0, 0.1) is 5.92 Å². The molecule has 0 bridgehead atoms. The fraction of sp³-hybridized carbons (Fsp3) is 0.447. The maximum atomic E-state index is 5.75. The average Bonchev–Trinajstić information content (AvgIpc) is 3.71. The first kappa shape index (κ1) is 32.1. The normalized spacial score (nSPS) is 21.0. The van der Waals surface area contributed by atoms with Gasteiger partial charge in [0.15, 0.2) is 24.8 Å². The summed E-state index contributed by atoms with van der Waals surface area (Å²) in [4.78, 5) is 2.48. The molecule has 1 fully saturated rings. The van der Waals surface area contributed by atoms with Crippen LogP contribution in [-0.4, -0.2) is 63.4 Å². The molecule has 0 N–H and O–H groups in total. The SMILES string of the molecule is COC(/C=C/CCN1/C(=C/C=C/C=C/C2=[N+](CCC3OCCO3)c3ccccc3C2(C)C)C(C(C)C)c2ccccc21)OC. The maximum Gasteiger partial charge on any atom is 0.209 e. The molecule has 0 saturated carbocycles. The Balaban J connectivity index is 1.38. The molecule has 0 aliphatic carbocycles. The number of hydrogen-bond donors (Lipinski definition) is 0. The molecular weight excluding hydrogens is 548 g/mol. The highest BCUT2D eigenvalue weighted by Crippen LogP contribution is 2.47. The third kappa shape index (κ3) is 6.84. The molecule has 6 heteroatoms. The van der Waals surface area contributed by atoms with Crippen molar-refractivity contribution >= 4 is 17.1 Å². The first-order valence-corrected chi connectivity index (χ1v) is 16.0. The molecule has 0 amide bonds. The molecule has 0 aromatic heterocycles. The van der Waals surface area contributed by atoms with Gasteiger partial charge in [-0.1, -0.05) is 74.5 Å². The van der Waals surface area contributed by atoms with E-state index in [2.05, 4.69) is 122 Å². The summed E-state index contributed by atoms with van der Waals surface area (Å²) in [6.07, 6.45) is 16.6. The van der Waals surface area contributed by atoms with Crippen LogP contribution in [-0.2, 0) is 24.4 Å². The summed E-state index contributed by atoms with van der Waals surface area (Å²) in [7, 11) is 3.32. The first-order chi connectivity index (χ1) is 21.4. The van der Waals surface area contributed by atoms with E-state index in [1.807, 2.05) is 6.08 Å². The second kappa shape index (κ2) is 14.7. The van der Waals surface area contributed by atoms with Gasteiger partial charge in [-0.2, -0.15) is 4.58 Å². The largest absolute Gasteiger partial charge is 0.352 e. The number of ether oxygens (including phenoxy) is 4. The molecule has 2 aromatic carbocycles. The summed E-state index contributed by atoms with van der Waals surface area (Å²) in [6, 6.07) is 17.6. The number of allylic oxidation sites excluding steroid dienone is 6. The van der Waals surface area contributed by atoms with Gasteiger partial charge in [0.2, 0.25) is 5.69 Å². The van der Waals surface area contributed by atoms with Gasteiger partial charge >= 0.3 is 0 Å². The Morgan fingerprint density at radius 3 is 2.45 bits per heavy atom. The van der Waals surface area contributed by atoms with Crippen molar-refractivity contribution in [1.29, 1.82) is 0 Å². The van der Waals surface area contributed by atoms with Gasteiger partial charge in [0.25, 0.3) is 0 Å². The van der Waals surface area contributed by atoms with Gasteiger partial charge in [-0.3, -0.25) is 0 Å². The minimum absolute atomic E-state index is 0.0957. The van der Waals surface area contributed by atoms with Crippen LogP contribution >= 0.6 is 0 Å². The van der Waals surface area contributed by atoms with Crippen LogP contribution < -0.4 is 4.90 Å². The van der Waals surface area contributed by atoms with Gasteiger partial charge in [-0.15, -0.1) is 0 Å². The molecule has 44 heavy (non-hydrogen) atoms. The first-order valence-electron chi connectivity index (χ1n) is 16.0. The number of para-hydroxylation sites is 2. The molecule has 6 nitrogen and oxygen atoms in total. The Bertz CT molecular complexity index is 1420. The molecule has 1 unspecified atom stereocenters. The molecular formula is C38H49N2O4+. The molecule has 3 heterocycles. The predicted octanol–water partition coefficient (Wildman–Crippen LogP) is 7.65. The van der Waals surface area contributed by atoms with Gasteiger partial charge in [0.1, 0.15) is 0 Å². The monoisotopic (exact) mass is 597 g/mol. The van der Waals surface area contributed by atoms with E-state index in [1.54, 1.807) is 14.2 Å². The number of methoxy groups -OCH3 is 2. The quantitative estimate of drug-likeness (QED) is 0.103. The molecule has 1 saturated heterocycles. The van der Waals surface area contributed by atoms with Gasteiger partial charge in [-0.05, 0) is 50.0 Å². The second-order valence-electron chi connectivity index (χ2n) is 12.5. The lowest BCUT2D eigenvalue weighted by Gasteiger charge is -2.24. The van der Waals surface area contributed by atoms with Gasteiger partial charge < -0.3 is 23.8 Å². The minimum Gasteiger partial charge on any atom is -0.352 e. The second-order valence-corrected chi connectivity index (χ2v) is 12.5. The Morgan fingerprint density at radius 1 is 0.977 bits per heavy atom. The van der Waals surface area contributed by atoms with Crippen LogP contribution in [0.4, 0.5) is 11.4 Å². The van der Waals surface area contributed by atoms with E-state index in [9.17, 15) is 0 Å². The Hall–Kier alpha value is -3.29. The van der Waals surface area contributed by atoms with Crippen LogP contribution in [0.3, 0.4) is 0 Å². The standard InChI is InChI=1S/C38H49N2O4/c1-28(2)37-29-16-10-12-18-31(29)39(24-15-14-22-35(41-5)42-6)33(37)20-8-7-9-21-34-38(3,4)30-17-11-13-19-32(30)40(34)25-23-36-43-26-27-44-36/h7-14,16-22,28,35-37H,15,23-27H2,1-6H3/q+1/b22-14+. The van der Waals surface area contributed by atoms with Gasteiger partial charge in [0, 0.05) is 55.8 Å². The van der Waals surface area contributed by atoms with Gasteiger partial charge in [0.05, 0.1) is 25.0 Å². The highest BCUT2D eigenvalue weighted by Gasteiger charge is 2.44. The zero-order chi connectivity index (χ0) is 31.1. The molecule has 5 rings (SSSR count). The predicted molar refractivity (Wildman–Crippen MR) is 179 cm³/mol. The van der Waals surface area contributed by atoms with Crippen LogP contribution in [0.25, 0.3) is 0 Å². The van der Waals surface area contributed by atoms with E-state index in [1.165, 1.54) is 33.9 Å². The van der Waals surface area contributed by atoms with Crippen molar-refractivity contribution in [1.82, 2.24) is 0 Å². The topological polar surface area (TPSA) is 43.2 Å². The molecule has 2 aromatic rings. The van der Waals surface area contributed by atoms with Crippen LogP contribution in [0.1, 0.15) is 57.6 Å². The van der Waals surface area contributed by atoms with Crippen LogP contribution in [0.15, 0.2) is 96.8 Å². The molecule has 0 spiro atoms. The molecule has 1 atom stereocenters. The van der Waals surface area contributed by atoms with E-state index in [0.717, 1.165) is 25.9 Å². The summed E-state index contributed by atoms with van der Waals surface area (Å²) in [5, 5.41) is 0. The Labute approximate surface area is 264 Å². The molecule has 0 radical (unpaired) electrons. The maximum absolute atomic E-state index is 5.75. The van der Waals surface area contributed by atoms with Gasteiger partial charge in [-0.25, -0.2) is 0 Å². The summed E-state index contributed by atoms with van der Waals surface area (Å²) in [6.45, 7) is 12.4. The van der Waals surface area contributed by atoms with Crippen molar-refractivity contribution in [3.8, 4) is 0 Å². The van der Waals surface area contributed by atoms with E-state index < -0.39 is 0 Å². The zero-order valence-corrected chi connectivity index (χ0v) is 27.2. The lowest BCUT2D eigenvalue weighted by Crippen LogP contribution is -2.28. The minimum atomic E-state index is -0.315. The highest BCUT2D eigenvalue weighted by atomic mass is 16.7. The van der Waals surface area contributed by atoms with E-state index in [-0.39, 0.29) is 18.0 Å². The smallest absolute Gasteiger partial charge is 0.209 e. The Kier molecular flexibility index (Phi) is 10.7. The van der Waals surface area contributed by atoms with Crippen molar-refractivity contribution in [3.63, 3.8) is 0 Å². The number of anilines is 1. The number of rotatable bonds is 13. The molecule has 234 valence electrons. The zero-order valence-electron chi connectivity index (χ0n) is 27.2. The van der Waals surface area contributed by atoms with Crippen molar-refractivity contribution in [3.05, 3.63) is 108 Å². The van der Waals surface area contributed by atoms with Crippen molar-refractivity contribution in [2.75, 3.05) is 45.4 Å². The Morgan fingerprint density at radius 2 is 1.70 bits per heavy atom. The van der Waals surface area contributed by atoms with Crippen LogP contribution in [0.5, 0.6) is 0 Å². The fourth-order valence-electron chi connectivity index (χ4n) is 6.83. The molecule has 3 aliphatic heterocycles. The summed E-state index contributed by atoms with van der Waals surface area (Å²) < 4.78 is 24.6. The lowest BCUT2D eigenvalue weighted by molar-refractivity contribution is -0.442. The lowest BCUT2D eigenvalue weighted by atomic mass is 9.81. The highest BCUT2D eigenvalue weighted by molar-refractivity contribution is 6.03. The third-order valence-corrected chi connectivity index (χ3v) is 8.96. The van der Waals surface area contributed by atoms with Crippen molar-refractivity contribution < 1.29 is 23.5 Å². The number of hydrogen-bond acceptors (Lipinski definition) is 5. The van der Waals surface area contributed by atoms with E-state index in [0.29, 0.717) is 25.0 Å². The summed E-state index contributed by atoms with van der Waals surface area (Å²) in [5.74, 6) is 0.829. The van der Waals surface area contributed by atoms with Crippen molar-refractivity contribution in [2.24, 2.45) is 5.92 Å². The fourth-order valence-corrected chi connectivity index (χ4v) is 6.83. The van der Waals surface area contributed by atoms with Crippen LogP contribution in [0.2, 0.25) is 0 Å². The number of benzene rings is 2. The number of fused-ring (bicyclic) bond motifs is 2. The average molecular weight is 598 g/mol. The van der Waals surface area contributed by atoms with E-state index >= 15 is 0 Å². The number of nitrogens with zero attached hydrogens (tertiary/aromatic N) is 2. The van der Waals surface area contributed by atoms with E-state index in [4.69, 9.17) is 18.9 Å². The summed E-state index contributed by atoms with van der Waals surface area (Å²) in [5.41, 5.74) is 7.87.